The predicted octanol–water partition coefficient (Wildman–Crippen LogP) is 1.01. The lowest BCUT2D eigenvalue weighted by Gasteiger charge is -2.28. The number of fused-ring (bicyclic) bond motifs is 2. The lowest BCUT2D eigenvalue weighted by Crippen LogP contribution is -2.52. The number of carbonyl (C=O) groups excluding carboxylic acids is 4. The van der Waals surface area contributed by atoms with Crippen LogP contribution in [0.15, 0.2) is 63.3 Å². The normalized spacial score (nSPS) is 18.6. The third kappa shape index (κ3) is 9.14. The van der Waals surface area contributed by atoms with Gasteiger partial charge in [-0.1, -0.05) is 45.9 Å². The minimum Gasteiger partial charge on any atom is -0.481 e. The van der Waals surface area contributed by atoms with Crippen LogP contribution in [0.5, 0.6) is 0 Å². The van der Waals surface area contributed by atoms with Crippen molar-refractivity contribution in [1.82, 2.24) is 15.5 Å². The number of likely N-dealkylation sites (N-methyl/N-ethyl adjacent to an activating group) is 1. The van der Waals surface area contributed by atoms with E-state index in [9.17, 15) is 29.1 Å². The van der Waals surface area contributed by atoms with Gasteiger partial charge in [0, 0.05) is 23.4 Å². The molecule has 0 saturated heterocycles. The third-order valence-electron chi connectivity index (χ3n) is 5.96. The standard InChI is InChI=1S/C26H31N7O6S2/c1-33-18(9-6-12-29-26(27)28)24(38)30-14-21(34)31-17(13-22(35)36)23(37)32-16-8-3-5-11-20(16)41-40-19-10-4-2-7-15(19)25(33)39/h2-5,7-8,10-11,17-18H,6,9,12-14H2,1H3,(H,30,38)(H,31,34)(H,32,37)(H,35,36)(H4,27,28,29)/t17-,18-/m1/s1. The smallest absolute Gasteiger partial charge is 0.305 e. The van der Waals surface area contributed by atoms with Crippen LogP contribution in [0.25, 0.3) is 0 Å². The summed E-state index contributed by atoms with van der Waals surface area (Å²) in [7, 11) is 4.06. The average Bonchev–Trinajstić information content (AvgIpc) is 2.93. The topological polar surface area (TPSA) is 209 Å². The fraction of sp³-hybridized carbons (Fsp3) is 0.308. The predicted molar refractivity (Wildman–Crippen MR) is 156 cm³/mol. The van der Waals surface area contributed by atoms with Gasteiger partial charge in [0.1, 0.15) is 12.1 Å². The second-order valence-electron chi connectivity index (χ2n) is 8.96. The number of hydrogen-bond donors (Lipinski definition) is 6. The van der Waals surface area contributed by atoms with Crippen LogP contribution in [0.1, 0.15) is 29.6 Å². The summed E-state index contributed by atoms with van der Waals surface area (Å²) in [6, 6.07) is 11.4. The molecule has 41 heavy (non-hydrogen) atoms. The number of hydrogen-bond acceptors (Lipinski definition) is 8. The molecule has 0 spiro atoms. The number of carboxylic acids is 1. The minimum absolute atomic E-state index is 0.102. The van der Waals surface area contributed by atoms with E-state index >= 15 is 0 Å². The van der Waals surface area contributed by atoms with E-state index in [2.05, 4.69) is 20.9 Å². The Morgan fingerprint density at radius 1 is 1.02 bits per heavy atom. The molecule has 2 aromatic carbocycles. The number of rotatable bonds is 6. The molecule has 218 valence electrons. The summed E-state index contributed by atoms with van der Waals surface area (Å²) in [5.74, 6) is -3.93. The molecule has 8 N–H and O–H groups in total. The van der Waals surface area contributed by atoms with Crippen LogP contribution in [-0.4, -0.2) is 77.8 Å². The zero-order valence-corrected chi connectivity index (χ0v) is 23.8. The molecule has 0 bridgehead atoms. The van der Waals surface area contributed by atoms with Crippen LogP contribution in [-0.2, 0) is 19.2 Å². The number of anilines is 1. The number of nitrogens with one attached hydrogen (secondary N) is 3. The largest absolute Gasteiger partial charge is 0.481 e. The summed E-state index contributed by atoms with van der Waals surface area (Å²) in [6.45, 7) is -0.323. The zero-order chi connectivity index (χ0) is 29.9. The molecule has 0 fully saturated rings. The second kappa shape index (κ2) is 14.9. The van der Waals surface area contributed by atoms with Gasteiger partial charge in [0.25, 0.3) is 5.91 Å². The Morgan fingerprint density at radius 3 is 2.39 bits per heavy atom. The average molecular weight is 602 g/mol. The number of nitrogens with two attached hydrogens (primary N) is 2. The molecule has 0 aromatic heterocycles. The van der Waals surface area contributed by atoms with Gasteiger partial charge < -0.3 is 37.4 Å². The van der Waals surface area contributed by atoms with E-state index in [1.807, 2.05) is 0 Å². The highest BCUT2D eigenvalue weighted by molar-refractivity contribution is 8.76. The summed E-state index contributed by atoms with van der Waals surface area (Å²) in [5, 5.41) is 16.9. The minimum atomic E-state index is -1.40. The Balaban J connectivity index is 1.99. The number of aliphatic carboxylic acids is 1. The van der Waals surface area contributed by atoms with Gasteiger partial charge in [0.15, 0.2) is 5.96 Å². The first kappa shape index (κ1) is 31.3. The van der Waals surface area contributed by atoms with E-state index in [1.165, 1.54) is 33.5 Å². The number of guanidine groups is 1. The van der Waals surface area contributed by atoms with E-state index in [-0.39, 0.29) is 18.9 Å². The van der Waals surface area contributed by atoms with Gasteiger partial charge in [-0.2, -0.15) is 0 Å². The Labute approximate surface area is 244 Å². The van der Waals surface area contributed by atoms with Gasteiger partial charge in [0.2, 0.25) is 17.7 Å². The number of para-hydroxylation sites is 1. The van der Waals surface area contributed by atoms with Crippen LogP contribution < -0.4 is 27.4 Å². The number of nitrogens with zero attached hydrogens (tertiary/aromatic N) is 2. The maximum Gasteiger partial charge on any atom is 0.305 e. The van der Waals surface area contributed by atoms with Crippen molar-refractivity contribution in [2.24, 2.45) is 16.5 Å². The highest BCUT2D eigenvalue weighted by Crippen LogP contribution is 2.42. The van der Waals surface area contributed by atoms with Crippen LogP contribution in [0.2, 0.25) is 0 Å². The molecule has 1 aliphatic heterocycles. The Bertz CT molecular complexity index is 1330. The van der Waals surface area contributed by atoms with Gasteiger partial charge in [-0.25, -0.2) is 0 Å². The Morgan fingerprint density at radius 2 is 1.68 bits per heavy atom. The van der Waals surface area contributed by atoms with E-state index in [0.29, 0.717) is 27.5 Å². The first-order valence-electron chi connectivity index (χ1n) is 12.5. The summed E-state index contributed by atoms with van der Waals surface area (Å²) in [5.41, 5.74) is 11.5. The van der Waals surface area contributed by atoms with Crippen LogP contribution in [0, 0.1) is 0 Å². The molecule has 13 nitrogen and oxygen atoms in total. The van der Waals surface area contributed by atoms with Crippen molar-refractivity contribution in [2.45, 2.75) is 41.1 Å². The van der Waals surface area contributed by atoms with Crippen molar-refractivity contribution in [1.29, 1.82) is 0 Å². The summed E-state index contributed by atoms with van der Waals surface area (Å²) >= 11 is 0. The van der Waals surface area contributed by atoms with Crippen molar-refractivity contribution in [3.8, 4) is 0 Å². The van der Waals surface area contributed by atoms with Gasteiger partial charge >= 0.3 is 5.97 Å². The van der Waals surface area contributed by atoms with Gasteiger partial charge in [-0.3, -0.25) is 29.0 Å². The van der Waals surface area contributed by atoms with E-state index in [0.717, 1.165) is 0 Å². The Hall–Kier alpha value is -4.24. The maximum absolute atomic E-state index is 13.6. The molecule has 2 atom stereocenters. The molecule has 3 rings (SSSR count). The fourth-order valence-electron chi connectivity index (χ4n) is 3.91. The van der Waals surface area contributed by atoms with Gasteiger partial charge in [-0.15, -0.1) is 0 Å². The Kier molecular flexibility index (Phi) is 11.4. The fourth-order valence-corrected chi connectivity index (χ4v) is 6.22. The molecular formula is C26H31N7O6S2. The number of aliphatic imine (C=N–C) groups is 1. The van der Waals surface area contributed by atoms with Crippen molar-refractivity contribution >= 4 is 62.8 Å². The van der Waals surface area contributed by atoms with Gasteiger partial charge in [-0.05, 0) is 37.1 Å². The highest BCUT2D eigenvalue weighted by Gasteiger charge is 2.30. The van der Waals surface area contributed by atoms with Crippen LogP contribution in [0.3, 0.4) is 0 Å². The molecule has 2 aromatic rings. The van der Waals surface area contributed by atoms with Crippen LogP contribution >= 0.6 is 21.6 Å². The molecule has 0 radical (unpaired) electrons. The highest BCUT2D eigenvalue weighted by atomic mass is 33.1. The number of amides is 4. The van der Waals surface area contributed by atoms with Gasteiger partial charge in [0.05, 0.1) is 24.2 Å². The number of carbonyl (C=O) groups is 5. The number of carboxylic acid groups (broad SMARTS) is 1. The first-order valence-corrected chi connectivity index (χ1v) is 14.7. The van der Waals surface area contributed by atoms with Crippen molar-refractivity contribution < 1.29 is 29.1 Å². The third-order valence-corrected chi connectivity index (χ3v) is 8.44. The van der Waals surface area contributed by atoms with Crippen molar-refractivity contribution in [2.75, 3.05) is 25.5 Å². The maximum atomic E-state index is 13.6. The summed E-state index contributed by atoms with van der Waals surface area (Å²) < 4.78 is 0. The summed E-state index contributed by atoms with van der Waals surface area (Å²) in [4.78, 5) is 70.5. The van der Waals surface area contributed by atoms with E-state index in [4.69, 9.17) is 11.5 Å². The SMILES string of the molecule is CN1C(=O)c2ccccc2SSc2ccccc2NC(=O)[C@@H](CC(=O)O)NC(=O)CNC(=O)[C@H]1CCCN=C(N)N. The van der Waals surface area contributed by atoms with E-state index in [1.54, 1.807) is 48.5 Å². The molecule has 1 aliphatic rings. The number of benzene rings is 2. The van der Waals surface area contributed by atoms with E-state index < -0.39 is 54.6 Å². The monoisotopic (exact) mass is 601 g/mol. The van der Waals surface area contributed by atoms with Crippen molar-refractivity contribution in [3.63, 3.8) is 0 Å². The molecule has 0 unspecified atom stereocenters. The quantitative estimate of drug-likeness (QED) is 0.120. The molecule has 1 heterocycles. The molecule has 0 aliphatic carbocycles. The molecular weight excluding hydrogens is 570 g/mol. The first-order chi connectivity index (χ1) is 19.6. The second-order valence-corrected chi connectivity index (χ2v) is 11.2. The van der Waals surface area contributed by atoms with Crippen molar-refractivity contribution in [3.05, 3.63) is 54.1 Å². The molecule has 0 saturated carbocycles. The zero-order valence-electron chi connectivity index (χ0n) is 22.2. The summed E-state index contributed by atoms with van der Waals surface area (Å²) in [6.07, 6.45) is -0.120. The molecule has 15 heteroatoms. The molecule has 4 amide bonds. The lowest BCUT2D eigenvalue weighted by atomic mass is 10.1. The van der Waals surface area contributed by atoms with Crippen LogP contribution in [0.4, 0.5) is 5.69 Å². The lowest BCUT2D eigenvalue weighted by molar-refractivity contribution is -0.140.